The number of amides is 1. The minimum Gasteiger partial charge on any atom is -0.480 e. The zero-order chi connectivity index (χ0) is 14.4. The molecule has 104 valence electrons. The summed E-state index contributed by atoms with van der Waals surface area (Å²) in [5, 5.41) is 23.9. The number of aromatic nitrogens is 4. The van der Waals surface area contributed by atoms with Crippen LogP contribution in [0.3, 0.4) is 0 Å². The van der Waals surface area contributed by atoms with E-state index in [1.807, 2.05) is 30.3 Å². The predicted molar refractivity (Wildman–Crippen MR) is 67.8 cm³/mol. The highest BCUT2D eigenvalue weighted by atomic mass is 16.4. The number of carboxylic acids is 1. The molecule has 3 N–H and O–H groups in total. The molecule has 0 saturated heterocycles. The van der Waals surface area contributed by atoms with E-state index in [4.69, 9.17) is 5.11 Å². The molecule has 0 unspecified atom stereocenters. The first-order valence-corrected chi connectivity index (χ1v) is 5.98. The molecule has 8 heteroatoms. The maximum absolute atomic E-state index is 11.7. The Labute approximate surface area is 114 Å². The Balaban J connectivity index is 1.94. The molecular weight excluding hydrogens is 262 g/mol. The van der Waals surface area contributed by atoms with Crippen LogP contribution in [0.4, 0.5) is 0 Å². The number of nitrogens with one attached hydrogen (secondary N) is 2. The Hall–Kier alpha value is -2.77. The van der Waals surface area contributed by atoms with Crippen molar-refractivity contribution in [1.29, 1.82) is 0 Å². The van der Waals surface area contributed by atoms with Gasteiger partial charge in [-0.3, -0.25) is 4.79 Å². The highest BCUT2D eigenvalue weighted by molar-refractivity contribution is 5.93. The van der Waals surface area contributed by atoms with Gasteiger partial charge in [0.2, 0.25) is 0 Å². The molecule has 0 aliphatic carbocycles. The van der Waals surface area contributed by atoms with Crippen LogP contribution in [0.15, 0.2) is 30.3 Å². The number of rotatable bonds is 6. The van der Waals surface area contributed by atoms with E-state index in [2.05, 4.69) is 25.9 Å². The molecule has 20 heavy (non-hydrogen) atoms. The van der Waals surface area contributed by atoms with Crippen molar-refractivity contribution in [1.82, 2.24) is 25.9 Å². The van der Waals surface area contributed by atoms with Crippen LogP contribution in [0.25, 0.3) is 0 Å². The minimum atomic E-state index is -1.10. The van der Waals surface area contributed by atoms with Crippen molar-refractivity contribution < 1.29 is 14.7 Å². The fourth-order valence-corrected chi connectivity index (χ4v) is 1.69. The molecule has 0 aliphatic heterocycles. The second-order valence-corrected chi connectivity index (χ2v) is 4.12. The van der Waals surface area contributed by atoms with E-state index in [9.17, 15) is 9.59 Å². The molecule has 1 aromatic heterocycles. The van der Waals surface area contributed by atoms with E-state index in [-0.39, 0.29) is 12.2 Å². The molecule has 0 radical (unpaired) electrons. The lowest BCUT2D eigenvalue weighted by molar-refractivity contribution is -0.139. The molecule has 0 saturated carbocycles. The fourth-order valence-electron chi connectivity index (χ4n) is 1.69. The van der Waals surface area contributed by atoms with E-state index >= 15 is 0 Å². The molecule has 0 spiro atoms. The standard InChI is InChI=1S/C12H13N5O3/c18-11(10-14-16-17-15-10)13-9(12(19)20)7-6-8-4-2-1-3-5-8/h1-5,9H,6-7H2,(H,13,18)(H,19,20)(H,14,15,16,17)/t9-/m0/s1. The summed E-state index contributed by atoms with van der Waals surface area (Å²) < 4.78 is 0. The maximum Gasteiger partial charge on any atom is 0.326 e. The molecule has 2 rings (SSSR count). The number of benzene rings is 1. The van der Waals surface area contributed by atoms with Gasteiger partial charge in [-0.15, -0.1) is 10.2 Å². The first-order chi connectivity index (χ1) is 9.66. The third kappa shape index (κ3) is 3.61. The lowest BCUT2D eigenvalue weighted by Gasteiger charge is -2.13. The van der Waals surface area contributed by atoms with Gasteiger partial charge in [0, 0.05) is 0 Å². The number of carbonyl (C=O) groups is 2. The van der Waals surface area contributed by atoms with Gasteiger partial charge in [0.05, 0.1) is 0 Å². The van der Waals surface area contributed by atoms with Gasteiger partial charge in [-0.2, -0.15) is 5.21 Å². The van der Waals surface area contributed by atoms with Crippen molar-refractivity contribution >= 4 is 11.9 Å². The number of carboxylic acid groups (broad SMARTS) is 1. The molecule has 2 aromatic rings. The van der Waals surface area contributed by atoms with Gasteiger partial charge in [0.25, 0.3) is 11.7 Å². The molecule has 8 nitrogen and oxygen atoms in total. The summed E-state index contributed by atoms with van der Waals surface area (Å²) in [7, 11) is 0. The van der Waals surface area contributed by atoms with Gasteiger partial charge in [0.15, 0.2) is 0 Å². The van der Waals surface area contributed by atoms with Gasteiger partial charge in [-0.1, -0.05) is 30.3 Å². The number of nitrogens with zero attached hydrogens (tertiary/aromatic N) is 3. The molecule has 0 bridgehead atoms. The summed E-state index contributed by atoms with van der Waals surface area (Å²) in [6.07, 6.45) is 0.827. The zero-order valence-electron chi connectivity index (χ0n) is 10.5. The molecule has 0 fully saturated rings. The smallest absolute Gasteiger partial charge is 0.326 e. The number of aryl methyl sites for hydroxylation is 1. The highest BCUT2D eigenvalue weighted by Gasteiger charge is 2.22. The Morgan fingerprint density at radius 1 is 1.30 bits per heavy atom. The number of carbonyl (C=O) groups excluding carboxylic acids is 1. The average Bonchev–Trinajstić information content (AvgIpc) is 2.98. The van der Waals surface area contributed by atoms with Crippen molar-refractivity contribution in [3.05, 3.63) is 41.7 Å². The number of tetrazole rings is 1. The Kier molecular flexibility index (Phi) is 4.38. The van der Waals surface area contributed by atoms with Crippen molar-refractivity contribution in [2.45, 2.75) is 18.9 Å². The predicted octanol–water partition coefficient (Wildman–Crippen LogP) is 0.0155. The minimum absolute atomic E-state index is 0.184. The first kappa shape index (κ1) is 13.7. The van der Waals surface area contributed by atoms with Crippen LogP contribution in [0, 0.1) is 0 Å². The van der Waals surface area contributed by atoms with Crippen LogP contribution >= 0.6 is 0 Å². The second-order valence-electron chi connectivity index (χ2n) is 4.12. The molecule has 0 aliphatic rings. The van der Waals surface area contributed by atoms with E-state index < -0.39 is 17.9 Å². The summed E-state index contributed by atoms with van der Waals surface area (Å²) in [6.45, 7) is 0. The highest BCUT2D eigenvalue weighted by Crippen LogP contribution is 2.05. The van der Waals surface area contributed by atoms with E-state index in [1.54, 1.807) is 0 Å². The third-order valence-electron chi connectivity index (χ3n) is 2.72. The summed E-state index contributed by atoms with van der Waals surface area (Å²) >= 11 is 0. The van der Waals surface area contributed by atoms with E-state index in [1.165, 1.54) is 0 Å². The van der Waals surface area contributed by atoms with Crippen molar-refractivity contribution in [2.24, 2.45) is 0 Å². The van der Waals surface area contributed by atoms with Gasteiger partial charge in [-0.25, -0.2) is 4.79 Å². The topological polar surface area (TPSA) is 121 Å². The summed E-state index contributed by atoms with van der Waals surface area (Å²) in [5.41, 5.74) is 1.01. The molecule has 1 atom stereocenters. The van der Waals surface area contributed by atoms with Crippen LogP contribution in [-0.2, 0) is 11.2 Å². The van der Waals surface area contributed by atoms with Crippen LogP contribution in [0.5, 0.6) is 0 Å². The lowest BCUT2D eigenvalue weighted by atomic mass is 10.1. The van der Waals surface area contributed by atoms with Gasteiger partial charge in [0.1, 0.15) is 6.04 Å². The third-order valence-corrected chi connectivity index (χ3v) is 2.72. The normalized spacial score (nSPS) is 11.8. The van der Waals surface area contributed by atoms with Gasteiger partial charge >= 0.3 is 5.97 Å². The second kappa shape index (κ2) is 6.41. The Morgan fingerprint density at radius 3 is 2.65 bits per heavy atom. The van der Waals surface area contributed by atoms with Crippen LogP contribution in [-0.4, -0.2) is 43.6 Å². The fraction of sp³-hybridized carbons (Fsp3) is 0.250. The molecule has 1 amide bonds. The van der Waals surface area contributed by atoms with Gasteiger partial charge < -0.3 is 10.4 Å². The largest absolute Gasteiger partial charge is 0.480 e. The molecule has 1 aromatic carbocycles. The number of hydrogen-bond donors (Lipinski definition) is 3. The summed E-state index contributed by atoms with van der Waals surface area (Å²) in [5.74, 6) is -1.95. The SMILES string of the molecule is O=C(N[C@@H](CCc1ccccc1)C(=O)O)c1nn[nH]n1. The monoisotopic (exact) mass is 275 g/mol. The van der Waals surface area contributed by atoms with Gasteiger partial charge in [-0.05, 0) is 23.6 Å². The van der Waals surface area contributed by atoms with Crippen molar-refractivity contribution in [3.63, 3.8) is 0 Å². The van der Waals surface area contributed by atoms with Crippen LogP contribution < -0.4 is 5.32 Å². The van der Waals surface area contributed by atoms with E-state index in [0.29, 0.717) is 6.42 Å². The average molecular weight is 275 g/mol. The Bertz CT molecular complexity index is 570. The van der Waals surface area contributed by atoms with Crippen LogP contribution in [0.2, 0.25) is 0 Å². The summed E-state index contributed by atoms with van der Waals surface area (Å²) in [4.78, 5) is 22.8. The number of aliphatic carboxylic acids is 1. The van der Waals surface area contributed by atoms with Crippen molar-refractivity contribution in [2.75, 3.05) is 0 Å². The first-order valence-electron chi connectivity index (χ1n) is 5.98. The summed E-state index contributed by atoms with van der Waals surface area (Å²) in [6, 6.07) is 8.45. The quantitative estimate of drug-likeness (QED) is 0.683. The number of aromatic amines is 1. The zero-order valence-corrected chi connectivity index (χ0v) is 10.5. The Morgan fingerprint density at radius 2 is 2.05 bits per heavy atom. The number of H-pyrrole nitrogens is 1. The van der Waals surface area contributed by atoms with Crippen LogP contribution in [0.1, 0.15) is 22.6 Å². The van der Waals surface area contributed by atoms with E-state index in [0.717, 1.165) is 5.56 Å². The molecular formula is C12H13N5O3. The number of hydrogen-bond acceptors (Lipinski definition) is 5. The lowest BCUT2D eigenvalue weighted by Crippen LogP contribution is -2.41. The maximum atomic E-state index is 11.7. The van der Waals surface area contributed by atoms with Crippen molar-refractivity contribution in [3.8, 4) is 0 Å². The molecule has 1 heterocycles.